The van der Waals surface area contributed by atoms with Gasteiger partial charge in [-0.3, -0.25) is 9.59 Å². The van der Waals surface area contributed by atoms with Crippen LogP contribution in [0.2, 0.25) is 0 Å². The smallest absolute Gasteiger partial charge is 0.238 e. The number of primary sulfonamides is 1. The molecule has 2 aromatic carbocycles. The van der Waals surface area contributed by atoms with Crippen LogP contribution in [-0.2, 0) is 25.2 Å². The summed E-state index contributed by atoms with van der Waals surface area (Å²) in [6.45, 7) is 0.365. The van der Waals surface area contributed by atoms with E-state index >= 15 is 0 Å². The Labute approximate surface area is 216 Å². The molecule has 2 saturated heterocycles. The number of anilines is 1. The van der Waals surface area contributed by atoms with E-state index < -0.39 is 39.1 Å². The predicted octanol–water partition coefficient (Wildman–Crippen LogP) is 1.06. The first-order valence-electron chi connectivity index (χ1n) is 11.8. The van der Waals surface area contributed by atoms with E-state index in [1.54, 1.807) is 11.0 Å². The van der Waals surface area contributed by atoms with E-state index in [9.17, 15) is 31.9 Å². The molecule has 0 aliphatic carbocycles. The SMILES string of the molecule is NS(=O)(=O)c1cccc(-n2cc(C3(O)CCN(C(=O)C4CC(=O)N(c5ccc(F)cc5F)C4)CC3)nn2)c1. The van der Waals surface area contributed by atoms with Crippen molar-refractivity contribution >= 4 is 27.5 Å². The number of nitrogens with two attached hydrogens (primary N) is 1. The Balaban J connectivity index is 1.24. The number of amides is 2. The molecule has 2 aliphatic rings. The number of benzene rings is 2. The predicted molar refractivity (Wildman–Crippen MR) is 129 cm³/mol. The monoisotopic (exact) mass is 546 g/mol. The summed E-state index contributed by atoms with van der Waals surface area (Å²) in [4.78, 5) is 28.2. The Morgan fingerprint density at radius 3 is 2.55 bits per heavy atom. The van der Waals surface area contributed by atoms with Gasteiger partial charge in [0.25, 0.3) is 0 Å². The first-order valence-corrected chi connectivity index (χ1v) is 13.3. The zero-order chi connectivity index (χ0) is 27.2. The number of nitrogens with zero attached hydrogens (tertiary/aromatic N) is 5. The highest BCUT2D eigenvalue weighted by Crippen LogP contribution is 2.34. The molecule has 0 spiro atoms. The lowest BCUT2D eigenvalue weighted by Gasteiger charge is -2.37. The Morgan fingerprint density at radius 1 is 1.13 bits per heavy atom. The molecule has 1 unspecified atom stereocenters. The van der Waals surface area contributed by atoms with Crippen LogP contribution >= 0.6 is 0 Å². The van der Waals surface area contributed by atoms with Gasteiger partial charge in [-0.1, -0.05) is 11.3 Å². The van der Waals surface area contributed by atoms with Crippen LogP contribution in [0.1, 0.15) is 25.0 Å². The zero-order valence-electron chi connectivity index (χ0n) is 20.0. The number of hydrogen-bond acceptors (Lipinski definition) is 7. The highest BCUT2D eigenvalue weighted by atomic mass is 32.2. The molecule has 0 bridgehead atoms. The number of aromatic nitrogens is 3. The number of rotatable bonds is 5. The van der Waals surface area contributed by atoms with Gasteiger partial charge < -0.3 is 14.9 Å². The van der Waals surface area contributed by atoms with Gasteiger partial charge in [0.05, 0.1) is 28.4 Å². The molecule has 1 atom stereocenters. The minimum absolute atomic E-state index is 0.0209. The average molecular weight is 547 g/mol. The molecule has 5 rings (SSSR count). The third kappa shape index (κ3) is 4.89. The molecule has 3 N–H and O–H groups in total. The highest BCUT2D eigenvalue weighted by Gasteiger charge is 2.42. The fraction of sp³-hybridized carbons (Fsp3) is 0.333. The molecule has 1 aromatic heterocycles. The number of carbonyl (C=O) groups is 2. The second kappa shape index (κ2) is 9.53. The van der Waals surface area contributed by atoms with Crippen LogP contribution in [0.15, 0.2) is 53.6 Å². The van der Waals surface area contributed by atoms with Crippen LogP contribution < -0.4 is 10.0 Å². The van der Waals surface area contributed by atoms with Gasteiger partial charge >= 0.3 is 0 Å². The first-order chi connectivity index (χ1) is 17.9. The summed E-state index contributed by atoms with van der Waals surface area (Å²) in [5.74, 6) is -3.04. The van der Waals surface area contributed by atoms with E-state index in [-0.39, 0.29) is 61.1 Å². The molecule has 0 saturated carbocycles. The fourth-order valence-corrected chi connectivity index (χ4v) is 5.38. The van der Waals surface area contributed by atoms with Crippen molar-refractivity contribution < 1.29 is 31.9 Å². The molecular formula is C24H24F2N6O5S. The van der Waals surface area contributed by atoms with Crippen molar-refractivity contribution in [2.45, 2.75) is 29.8 Å². The normalized spacial score (nSPS) is 19.7. The van der Waals surface area contributed by atoms with Crippen LogP contribution in [0.4, 0.5) is 14.5 Å². The number of halogens is 2. The van der Waals surface area contributed by atoms with Crippen LogP contribution in [0, 0.1) is 17.6 Å². The number of likely N-dealkylation sites (tertiary alicyclic amines) is 1. The standard InChI is InChI=1S/C24H24F2N6O5S/c25-16-4-5-20(19(26)11-16)31-13-15(10-22(31)33)23(34)30-8-6-24(35,7-9-30)21-14-32(29-28-21)17-2-1-3-18(12-17)38(27,36)37/h1-5,11-12,14-15,35H,6-10,13H2,(H2,27,36,37). The molecule has 3 aromatic rings. The molecule has 2 fully saturated rings. The van der Waals surface area contributed by atoms with Gasteiger partial charge in [-0.05, 0) is 43.2 Å². The molecule has 14 heteroatoms. The van der Waals surface area contributed by atoms with Crippen molar-refractivity contribution in [2.75, 3.05) is 24.5 Å². The van der Waals surface area contributed by atoms with Crippen LogP contribution in [0.3, 0.4) is 0 Å². The number of piperidine rings is 1. The molecule has 0 radical (unpaired) electrons. The van der Waals surface area contributed by atoms with Gasteiger partial charge in [0.1, 0.15) is 22.9 Å². The van der Waals surface area contributed by atoms with E-state index in [1.165, 1.54) is 35.1 Å². The highest BCUT2D eigenvalue weighted by molar-refractivity contribution is 7.89. The summed E-state index contributed by atoms with van der Waals surface area (Å²) in [7, 11) is -3.91. The van der Waals surface area contributed by atoms with E-state index in [1.807, 2.05) is 0 Å². The fourth-order valence-electron chi connectivity index (χ4n) is 4.82. The van der Waals surface area contributed by atoms with Crippen molar-refractivity contribution in [3.63, 3.8) is 0 Å². The Morgan fingerprint density at radius 2 is 1.87 bits per heavy atom. The topological polar surface area (TPSA) is 152 Å². The van der Waals surface area contributed by atoms with Gasteiger partial charge in [0, 0.05) is 32.1 Å². The van der Waals surface area contributed by atoms with Gasteiger partial charge in [-0.15, -0.1) is 5.10 Å². The molecule has 11 nitrogen and oxygen atoms in total. The van der Waals surface area contributed by atoms with Crippen molar-refractivity contribution in [3.8, 4) is 5.69 Å². The number of carbonyl (C=O) groups excluding carboxylic acids is 2. The summed E-state index contributed by atoms with van der Waals surface area (Å²) in [5.41, 5.74) is -0.794. The van der Waals surface area contributed by atoms with E-state index in [2.05, 4.69) is 10.3 Å². The molecule has 2 aliphatic heterocycles. The van der Waals surface area contributed by atoms with Crippen molar-refractivity contribution in [1.29, 1.82) is 0 Å². The summed E-state index contributed by atoms with van der Waals surface area (Å²) < 4.78 is 52.1. The number of sulfonamides is 1. The van der Waals surface area contributed by atoms with E-state index in [4.69, 9.17) is 5.14 Å². The maximum atomic E-state index is 14.2. The number of hydrogen-bond donors (Lipinski definition) is 2. The van der Waals surface area contributed by atoms with Crippen LogP contribution in [0.25, 0.3) is 5.69 Å². The zero-order valence-corrected chi connectivity index (χ0v) is 20.8. The first kappa shape index (κ1) is 25.9. The lowest BCUT2D eigenvalue weighted by atomic mass is 9.88. The lowest BCUT2D eigenvalue weighted by Crippen LogP contribution is -2.47. The van der Waals surface area contributed by atoms with Crippen molar-refractivity contribution in [3.05, 3.63) is 66.0 Å². The summed E-state index contributed by atoms with van der Waals surface area (Å²) in [5, 5.41) is 24.5. The molecule has 200 valence electrons. The largest absolute Gasteiger partial charge is 0.383 e. The summed E-state index contributed by atoms with van der Waals surface area (Å²) in [6.07, 6.45) is 1.71. The van der Waals surface area contributed by atoms with E-state index in [0.29, 0.717) is 11.8 Å². The lowest BCUT2D eigenvalue weighted by molar-refractivity contribution is -0.140. The summed E-state index contributed by atoms with van der Waals surface area (Å²) in [6, 6.07) is 8.73. The van der Waals surface area contributed by atoms with E-state index in [0.717, 1.165) is 11.0 Å². The van der Waals surface area contributed by atoms with Crippen molar-refractivity contribution in [2.24, 2.45) is 11.1 Å². The quantitative estimate of drug-likeness (QED) is 0.485. The Kier molecular flexibility index (Phi) is 6.49. The second-order valence-electron chi connectivity index (χ2n) is 9.45. The molecular weight excluding hydrogens is 522 g/mol. The van der Waals surface area contributed by atoms with Crippen LogP contribution in [0.5, 0.6) is 0 Å². The van der Waals surface area contributed by atoms with Crippen LogP contribution in [-0.4, -0.2) is 64.9 Å². The minimum Gasteiger partial charge on any atom is -0.383 e. The van der Waals surface area contributed by atoms with Gasteiger partial charge in [-0.25, -0.2) is 27.0 Å². The molecule has 38 heavy (non-hydrogen) atoms. The van der Waals surface area contributed by atoms with Gasteiger partial charge in [-0.2, -0.15) is 0 Å². The maximum Gasteiger partial charge on any atom is 0.238 e. The van der Waals surface area contributed by atoms with Gasteiger partial charge in [0.2, 0.25) is 21.8 Å². The third-order valence-corrected chi connectivity index (χ3v) is 7.87. The minimum atomic E-state index is -3.91. The van der Waals surface area contributed by atoms with Gasteiger partial charge in [0.15, 0.2) is 0 Å². The second-order valence-corrected chi connectivity index (χ2v) is 11.0. The Bertz CT molecular complexity index is 1520. The third-order valence-electron chi connectivity index (χ3n) is 6.96. The molecule has 2 amide bonds. The molecule has 3 heterocycles. The summed E-state index contributed by atoms with van der Waals surface area (Å²) >= 11 is 0. The maximum absolute atomic E-state index is 14.2. The Hall–Kier alpha value is -3.75. The number of aliphatic hydroxyl groups is 1. The average Bonchev–Trinajstić information content (AvgIpc) is 3.52. The van der Waals surface area contributed by atoms with Crippen molar-refractivity contribution in [1.82, 2.24) is 19.9 Å².